The van der Waals surface area contributed by atoms with Crippen LogP contribution in [0.25, 0.3) is 11.3 Å². The highest BCUT2D eigenvalue weighted by Crippen LogP contribution is 2.26. The van der Waals surface area contributed by atoms with E-state index >= 15 is 0 Å². The number of nitrogens with one attached hydrogen (secondary N) is 1. The number of carbonyl (C=O) groups excluding carboxylic acids is 1. The molecule has 0 aliphatic carbocycles. The number of amides is 1. The highest BCUT2D eigenvalue weighted by Gasteiger charge is 2.32. The zero-order chi connectivity index (χ0) is 22.2. The van der Waals surface area contributed by atoms with Crippen molar-refractivity contribution in [2.75, 3.05) is 26.7 Å². The molecule has 1 aromatic heterocycles. The van der Waals surface area contributed by atoms with Gasteiger partial charge in [0, 0.05) is 36.5 Å². The van der Waals surface area contributed by atoms with E-state index in [1.54, 1.807) is 7.05 Å². The van der Waals surface area contributed by atoms with Gasteiger partial charge in [0.1, 0.15) is 17.7 Å². The molecule has 0 spiro atoms. The third-order valence-corrected chi connectivity index (χ3v) is 6.14. The molecule has 1 fully saturated rings. The third kappa shape index (κ3) is 6.29. The van der Waals surface area contributed by atoms with E-state index < -0.39 is 6.09 Å². The fourth-order valence-corrected chi connectivity index (χ4v) is 4.36. The van der Waals surface area contributed by atoms with Gasteiger partial charge in [0.25, 0.3) is 0 Å². The number of benzene rings is 1. The molecule has 0 radical (unpaired) electrons. The number of carbonyl (C=O) groups is 2. The zero-order valence-corrected chi connectivity index (χ0v) is 18.4. The van der Waals surface area contributed by atoms with Gasteiger partial charge in [0.05, 0.1) is 6.04 Å². The normalized spacial score (nSPS) is 16.2. The van der Waals surface area contributed by atoms with Crippen LogP contribution in [-0.4, -0.2) is 65.3 Å². The first-order chi connectivity index (χ1) is 15.0. The Morgan fingerprint density at radius 2 is 2.10 bits per heavy atom. The molecule has 2 heterocycles. The van der Waals surface area contributed by atoms with Crippen molar-refractivity contribution in [1.29, 1.82) is 0 Å². The first kappa shape index (κ1) is 23.2. The first-order valence-electron chi connectivity index (χ1n) is 10.6. The summed E-state index contributed by atoms with van der Waals surface area (Å²) in [6.45, 7) is 2.73. The lowest BCUT2D eigenvalue weighted by molar-refractivity contribution is -0.109. The molecular weight excluding hydrogens is 420 g/mol. The molecular formula is C22H29ClN4O4. The number of aryl methyl sites for hydroxylation is 1. The number of hydrogen-bond acceptors (Lipinski definition) is 6. The SMILES string of the molecule is CNN(C(=O)O)C(CC=O)C1CCN(CCCc2cc(-c3ccc(Cl)cc3)no2)CC1. The Bertz CT molecular complexity index is 849. The molecule has 8 nitrogen and oxygen atoms in total. The van der Waals surface area contributed by atoms with E-state index in [4.69, 9.17) is 16.1 Å². The molecule has 1 aliphatic rings. The summed E-state index contributed by atoms with van der Waals surface area (Å²) < 4.78 is 5.47. The number of nitrogens with zero attached hydrogens (tertiary/aromatic N) is 3. The summed E-state index contributed by atoms with van der Waals surface area (Å²) in [6, 6.07) is 9.15. The fourth-order valence-electron chi connectivity index (χ4n) is 4.24. The molecule has 1 amide bonds. The van der Waals surface area contributed by atoms with Crippen molar-refractivity contribution < 1.29 is 19.2 Å². The van der Waals surface area contributed by atoms with Crippen molar-refractivity contribution in [3.8, 4) is 11.3 Å². The number of aldehydes is 1. The Morgan fingerprint density at radius 3 is 2.71 bits per heavy atom. The van der Waals surface area contributed by atoms with Crippen LogP contribution >= 0.6 is 11.6 Å². The highest BCUT2D eigenvalue weighted by atomic mass is 35.5. The Morgan fingerprint density at radius 1 is 1.39 bits per heavy atom. The van der Waals surface area contributed by atoms with Crippen LogP contribution in [0.2, 0.25) is 5.02 Å². The largest absolute Gasteiger partial charge is 0.464 e. The van der Waals surface area contributed by atoms with Crippen LogP contribution in [0.3, 0.4) is 0 Å². The van der Waals surface area contributed by atoms with Crippen molar-refractivity contribution >= 4 is 24.0 Å². The van der Waals surface area contributed by atoms with E-state index in [-0.39, 0.29) is 18.4 Å². The van der Waals surface area contributed by atoms with Crippen LogP contribution in [0.4, 0.5) is 4.79 Å². The lowest BCUT2D eigenvalue weighted by Crippen LogP contribution is -2.52. The Kier molecular flexibility index (Phi) is 8.45. The fraction of sp³-hybridized carbons (Fsp3) is 0.500. The Balaban J connectivity index is 1.44. The molecule has 31 heavy (non-hydrogen) atoms. The molecule has 1 atom stereocenters. The van der Waals surface area contributed by atoms with Crippen molar-refractivity contribution in [3.05, 3.63) is 41.1 Å². The second-order valence-corrected chi connectivity index (χ2v) is 8.25. The first-order valence-corrected chi connectivity index (χ1v) is 11.0. The summed E-state index contributed by atoms with van der Waals surface area (Å²) in [5, 5.41) is 15.4. The summed E-state index contributed by atoms with van der Waals surface area (Å²) in [5.74, 6) is 1.03. The van der Waals surface area contributed by atoms with Gasteiger partial charge in [-0.15, -0.1) is 0 Å². The zero-order valence-electron chi connectivity index (χ0n) is 17.7. The van der Waals surface area contributed by atoms with Gasteiger partial charge < -0.3 is 19.3 Å². The predicted octanol–water partition coefficient (Wildman–Crippen LogP) is 3.71. The van der Waals surface area contributed by atoms with Gasteiger partial charge in [-0.2, -0.15) is 0 Å². The van der Waals surface area contributed by atoms with Crippen LogP contribution in [0.15, 0.2) is 34.9 Å². The summed E-state index contributed by atoms with van der Waals surface area (Å²) >= 11 is 5.93. The Labute approximate surface area is 187 Å². The number of carboxylic acid groups (broad SMARTS) is 1. The van der Waals surface area contributed by atoms with E-state index in [9.17, 15) is 14.7 Å². The standard InChI is InChI=1S/C22H29ClN4O4/c1-24-27(22(29)30)21(10-14-28)17-8-12-26(13-9-17)11-2-3-19-15-20(25-31-19)16-4-6-18(23)7-5-16/h4-7,14-15,17,21,24H,2-3,8-13H2,1H3,(H,29,30). The van der Waals surface area contributed by atoms with E-state index in [1.165, 1.54) is 0 Å². The number of hydrogen-bond donors (Lipinski definition) is 2. The van der Waals surface area contributed by atoms with Crippen LogP contribution in [0.1, 0.15) is 31.4 Å². The van der Waals surface area contributed by atoms with Crippen molar-refractivity contribution in [3.63, 3.8) is 0 Å². The lowest BCUT2D eigenvalue weighted by atomic mass is 9.87. The van der Waals surface area contributed by atoms with E-state index in [1.807, 2.05) is 30.3 Å². The van der Waals surface area contributed by atoms with Gasteiger partial charge in [0.2, 0.25) is 0 Å². The summed E-state index contributed by atoms with van der Waals surface area (Å²) in [5.41, 5.74) is 4.48. The van der Waals surface area contributed by atoms with E-state index in [0.717, 1.165) is 73.6 Å². The molecule has 1 saturated heterocycles. The molecule has 168 valence electrons. The van der Waals surface area contributed by atoms with Crippen LogP contribution in [0, 0.1) is 5.92 Å². The average molecular weight is 449 g/mol. The van der Waals surface area contributed by atoms with Crippen molar-refractivity contribution in [2.24, 2.45) is 5.92 Å². The molecule has 2 N–H and O–H groups in total. The number of piperidine rings is 1. The lowest BCUT2D eigenvalue weighted by Gasteiger charge is -2.39. The van der Waals surface area contributed by atoms with Gasteiger partial charge in [-0.05, 0) is 56.9 Å². The maximum Gasteiger partial charge on any atom is 0.422 e. The molecule has 3 rings (SSSR count). The molecule has 0 saturated carbocycles. The monoisotopic (exact) mass is 448 g/mol. The van der Waals surface area contributed by atoms with Crippen LogP contribution in [-0.2, 0) is 11.2 Å². The van der Waals surface area contributed by atoms with Gasteiger partial charge in [-0.1, -0.05) is 28.9 Å². The number of likely N-dealkylation sites (tertiary alicyclic amines) is 1. The minimum Gasteiger partial charge on any atom is -0.464 e. The highest BCUT2D eigenvalue weighted by molar-refractivity contribution is 6.30. The topological polar surface area (TPSA) is 98.9 Å². The minimum absolute atomic E-state index is 0.168. The van der Waals surface area contributed by atoms with Crippen molar-refractivity contribution in [2.45, 2.75) is 38.1 Å². The smallest absolute Gasteiger partial charge is 0.422 e. The van der Waals surface area contributed by atoms with E-state index in [0.29, 0.717) is 5.02 Å². The van der Waals surface area contributed by atoms with Gasteiger partial charge in [-0.25, -0.2) is 15.2 Å². The predicted molar refractivity (Wildman–Crippen MR) is 118 cm³/mol. The summed E-state index contributed by atoms with van der Waals surface area (Å²) in [6.07, 6.45) is 3.46. The van der Waals surface area contributed by atoms with Gasteiger partial charge in [0.15, 0.2) is 0 Å². The summed E-state index contributed by atoms with van der Waals surface area (Å²) in [7, 11) is 1.57. The van der Waals surface area contributed by atoms with Crippen LogP contribution < -0.4 is 5.43 Å². The van der Waals surface area contributed by atoms with Gasteiger partial charge in [-0.3, -0.25) is 0 Å². The minimum atomic E-state index is -1.05. The second-order valence-electron chi connectivity index (χ2n) is 7.81. The molecule has 1 aliphatic heterocycles. The molecule has 1 aromatic carbocycles. The number of halogens is 1. The quantitative estimate of drug-likeness (QED) is 0.422. The number of rotatable bonds is 10. The maximum absolute atomic E-state index is 11.5. The van der Waals surface area contributed by atoms with E-state index in [2.05, 4.69) is 15.5 Å². The third-order valence-electron chi connectivity index (χ3n) is 5.89. The van der Waals surface area contributed by atoms with Gasteiger partial charge >= 0.3 is 6.09 Å². The maximum atomic E-state index is 11.5. The second kappa shape index (κ2) is 11.3. The number of hydrazine groups is 1. The average Bonchev–Trinajstić information content (AvgIpc) is 3.23. The molecule has 0 bridgehead atoms. The van der Waals surface area contributed by atoms with Crippen molar-refractivity contribution in [1.82, 2.24) is 20.5 Å². The number of aromatic nitrogens is 1. The molecule has 1 unspecified atom stereocenters. The summed E-state index contributed by atoms with van der Waals surface area (Å²) in [4.78, 5) is 24.9. The van der Waals surface area contributed by atoms with Crippen LogP contribution in [0.5, 0.6) is 0 Å². The molecule has 2 aromatic rings. The Hall–Kier alpha value is -2.42. The molecule has 9 heteroatoms.